The van der Waals surface area contributed by atoms with Gasteiger partial charge in [0, 0.05) is 22.8 Å². The van der Waals surface area contributed by atoms with E-state index in [0.29, 0.717) is 29.9 Å². The number of carbonyl (C=O) groups excluding carboxylic acids is 1. The molecule has 1 heterocycles. The van der Waals surface area contributed by atoms with Gasteiger partial charge < -0.3 is 10.1 Å². The molecule has 0 amide bonds. The van der Waals surface area contributed by atoms with Crippen LogP contribution < -0.4 is 5.32 Å². The molecule has 0 unspecified atom stereocenters. The van der Waals surface area contributed by atoms with Gasteiger partial charge in [-0.15, -0.1) is 21.8 Å². The molecule has 0 spiro atoms. The second kappa shape index (κ2) is 10.3. The van der Waals surface area contributed by atoms with Crippen molar-refractivity contribution in [2.45, 2.75) is 25.4 Å². The van der Waals surface area contributed by atoms with Gasteiger partial charge in [0.2, 0.25) is 5.82 Å². The van der Waals surface area contributed by atoms with Gasteiger partial charge in [0.05, 0.1) is 18.6 Å². The second-order valence-corrected chi connectivity index (χ2v) is 6.96. The Morgan fingerprint density at radius 1 is 1.19 bits per heavy atom. The van der Waals surface area contributed by atoms with Crippen molar-refractivity contribution in [3.05, 3.63) is 53.6 Å². The lowest BCUT2D eigenvalue weighted by atomic mass is 10.0. The van der Waals surface area contributed by atoms with E-state index in [0.717, 1.165) is 17.7 Å². The SMILES string of the molecule is O=C(CCCl)OCCCc1ccc(-c2nn[nH]n2)c(Nc2cccc(C(F)(F)F)c2)c1. The third-order valence-corrected chi connectivity index (χ3v) is 4.50. The molecule has 0 radical (unpaired) electrons. The molecule has 0 saturated carbocycles. The molecule has 2 N–H and O–H groups in total. The lowest BCUT2D eigenvalue weighted by Crippen LogP contribution is -2.07. The number of aryl methyl sites for hydroxylation is 1. The van der Waals surface area contributed by atoms with Crippen LogP contribution in [-0.4, -0.2) is 39.1 Å². The summed E-state index contributed by atoms with van der Waals surface area (Å²) in [5.41, 5.74) is 1.51. The van der Waals surface area contributed by atoms with Gasteiger partial charge in [0.1, 0.15) is 0 Å². The Hall–Kier alpha value is -3.14. The molecule has 0 bridgehead atoms. The van der Waals surface area contributed by atoms with Crippen molar-refractivity contribution >= 4 is 28.9 Å². The van der Waals surface area contributed by atoms with Crippen LogP contribution in [-0.2, 0) is 22.1 Å². The molecule has 31 heavy (non-hydrogen) atoms. The number of aromatic nitrogens is 4. The predicted molar refractivity (Wildman–Crippen MR) is 109 cm³/mol. The molecule has 0 aliphatic carbocycles. The first-order valence-corrected chi connectivity index (χ1v) is 9.93. The molecule has 164 valence electrons. The summed E-state index contributed by atoms with van der Waals surface area (Å²) >= 11 is 5.49. The highest BCUT2D eigenvalue weighted by Crippen LogP contribution is 2.33. The lowest BCUT2D eigenvalue weighted by Gasteiger charge is -2.14. The fourth-order valence-corrected chi connectivity index (χ4v) is 3.02. The van der Waals surface area contributed by atoms with Crippen molar-refractivity contribution in [2.75, 3.05) is 17.8 Å². The number of anilines is 2. The van der Waals surface area contributed by atoms with E-state index in [1.807, 2.05) is 6.07 Å². The number of H-pyrrole nitrogens is 1. The molecule has 0 aliphatic rings. The van der Waals surface area contributed by atoms with Crippen molar-refractivity contribution < 1.29 is 22.7 Å². The molecule has 3 aromatic rings. The van der Waals surface area contributed by atoms with Gasteiger partial charge in [-0.3, -0.25) is 4.79 Å². The summed E-state index contributed by atoms with van der Waals surface area (Å²) in [5, 5.41) is 16.8. The Balaban J connectivity index is 1.78. The van der Waals surface area contributed by atoms with Gasteiger partial charge in [-0.05, 0) is 54.0 Å². The first-order chi connectivity index (χ1) is 14.9. The minimum atomic E-state index is -4.45. The zero-order chi connectivity index (χ0) is 22.3. The number of hydrogen-bond donors (Lipinski definition) is 2. The fourth-order valence-electron chi connectivity index (χ4n) is 2.86. The van der Waals surface area contributed by atoms with Crippen LogP contribution in [0.3, 0.4) is 0 Å². The zero-order valence-electron chi connectivity index (χ0n) is 16.2. The van der Waals surface area contributed by atoms with Gasteiger partial charge >= 0.3 is 12.1 Å². The van der Waals surface area contributed by atoms with Gasteiger partial charge in [-0.2, -0.15) is 18.4 Å². The molecule has 0 saturated heterocycles. The number of halogens is 4. The van der Waals surface area contributed by atoms with Crippen molar-refractivity contribution in [1.82, 2.24) is 20.6 Å². The maximum absolute atomic E-state index is 13.0. The average molecular weight is 454 g/mol. The van der Waals surface area contributed by atoms with Crippen molar-refractivity contribution in [3.63, 3.8) is 0 Å². The van der Waals surface area contributed by atoms with Gasteiger partial charge in [0.25, 0.3) is 0 Å². The van der Waals surface area contributed by atoms with E-state index in [-0.39, 0.29) is 30.6 Å². The molecule has 11 heteroatoms. The number of esters is 1. The van der Waals surface area contributed by atoms with Gasteiger partial charge in [-0.25, -0.2) is 0 Å². The van der Waals surface area contributed by atoms with Gasteiger partial charge in [-0.1, -0.05) is 12.1 Å². The highest BCUT2D eigenvalue weighted by molar-refractivity contribution is 6.18. The smallest absolute Gasteiger partial charge is 0.416 e. The van der Waals surface area contributed by atoms with Crippen molar-refractivity contribution in [1.29, 1.82) is 0 Å². The third-order valence-electron chi connectivity index (χ3n) is 4.31. The van der Waals surface area contributed by atoms with Crippen LogP contribution in [0.2, 0.25) is 0 Å². The van der Waals surface area contributed by atoms with Crippen LogP contribution in [0, 0.1) is 0 Å². The standard InChI is InChI=1S/C20H19ClF3N5O2/c21-9-8-18(30)31-10-2-3-13-6-7-16(19-26-28-29-27-19)17(11-13)25-15-5-1-4-14(12-15)20(22,23)24/h1,4-7,11-12,25H,2-3,8-10H2,(H,26,27,28,29). The Morgan fingerprint density at radius 2 is 2.03 bits per heavy atom. The number of rotatable bonds is 9. The summed E-state index contributed by atoms with van der Waals surface area (Å²) in [4.78, 5) is 11.4. The van der Waals surface area contributed by atoms with Crippen LogP contribution in [0.15, 0.2) is 42.5 Å². The topological polar surface area (TPSA) is 92.8 Å². The van der Waals surface area contributed by atoms with E-state index >= 15 is 0 Å². The number of alkyl halides is 4. The number of nitrogens with zero attached hydrogens (tertiary/aromatic N) is 3. The quantitative estimate of drug-likeness (QED) is 0.276. The maximum Gasteiger partial charge on any atom is 0.416 e. The Bertz CT molecular complexity index is 1010. The number of nitrogens with one attached hydrogen (secondary N) is 2. The summed E-state index contributed by atoms with van der Waals surface area (Å²) in [7, 11) is 0. The number of aromatic amines is 1. The van der Waals surface area contributed by atoms with Crippen LogP contribution >= 0.6 is 11.6 Å². The zero-order valence-corrected chi connectivity index (χ0v) is 17.0. The van der Waals surface area contributed by atoms with E-state index in [9.17, 15) is 18.0 Å². The maximum atomic E-state index is 13.0. The van der Waals surface area contributed by atoms with Crippen molar-refractivity contribution in [3.8, 4) is 11.4 Å². The summed E-state index contributed by atoms with van der Waals surface area (Å²) in [6.45, 7) is 0.249. The van der Waals surface area contributed by atoms with E-state index in [1.165, 1.54) is 12.1 Å². The predicted octanol–water partition coefficient (Wildman–Crippen LogP) is 4.73. The fraction of sp³-hybridized carbons (Fsp3) is 0.300. The molecule has 2 aromatic carbocycles. The van der Waals surface area contributed by atoms with E-state index in [2.05, 4.69) is 25.9 Å². The molecule has 0 aliphatic heterocycles. The van der Waals surface area contributed by atoms with E-state index in [4.69, 9.17) is 16.3 Å². The molecule has 7 nitrogen and oxygen atoms in total. The molecule has 0 fully saturated rings. The van der Waals surface area contributed by atoms with Crippen LogP contribution in [0.4, 0.5) is 24.5 Å². The van der Waals surface area contributed by atoms with E-state index in [1.54, 1.807) is 12.1 Å². The van der Waals surface area contributed by atoms with E-state index < -0.39 is 11.7 Å². The molecule has 0 atom stereocenters. The number of carbonyl (C=O) groups is 1. The highest BCUT2D eigenvalue weighted by Gasteiger charge is 2.30. The normalized spacial score (nSPS) is 11.4. The average Bonchev–Trinajstić information content (AvgIpc) is 3.26. The van der Waals surface area contributed by atoms with Crippen molar-refractivity contribution in [2.24, 2.45) is 0 Å². The Kier molecular flexibility index (Phi) is 7.45. The highest BCUT2D eigenvalue weighted by atomic mass is 35.5. The minimum absolute atomic E-state index is 0.159. The molecule has 3 rings (SSSR count). The summed E-state index contributed by atoms with van der Waals surface area (Å²) < 4.78 is 44.2. The third kappa shape index (κ3) is 6.42. The first kappa shape index (κ1) is 22.5. The summed E-state index contributed by atoms with van der Waals surface area (Å²) in [5.74, 6) is 0.159. The number of hydrogen-bond acceptors (Lipinski definition) is 6. The number of benzene rings is 2. The molecular weight excluding hydrogens is 435 g/mol. The van der Waals surface area contributed by atoms with Crippen LogP contribution in [0.5, 0.6) is 0 Å². The molecular formula is C20H19ClF3N5O2. The first-order valence-electron chi connectivity index (χ1n) is 9.39. The Labute approximate surface area is 180 Å². The summed E-state index contributed by atoms with van der Waals surface area (Å²) in [6.07, 6.45) is -3.11. The molecule has 1 aromatic heterocycles. The van der Waals surface area contributed by atoms with Crippen LogP contribution in [0.25, 0.3) is 11.4 Å². The Morgan fingerprint density at radius 3 is 2.74 bits per heavy atom. The number of ether oxygens (including phenoxy) is 1. The summed E-state index contributed by atoms with van der Waals surface area (Å²) in [6, 6.07) is 10.3. The number of tetrazole rings is 1. The minimum Gasteiger partial charge on any atom is -0.466 e. The van der Waals surface area contributed by atoms with Gasteiger partial charge in [0.15, 0.2) is 0 Å². The second-order valence-electron chi connectivity index (χ2n) is 6.58. The van der Waals surface area contributed by atoms with Crippen LogP contribution in [0.1, 0.15) is 24.0 Å². The largest absolute Gasteiger partial charge is 0.466 e. The lowest BCUT2D eigenvalue weighted by molar-refractivity contribution is -0.143. The monoisotopic (exact) mass is 453 g/mol.